The second kappa shape index (κ2) is 8.53. The standard InChI is InChI=1S/C29H30N2O6/c1-18(17-32)31-24-26(34)30(21-11-10-19-8-3-4-9-20(19)16-21)14-7-13-29(24)22(25(31)33)23-27(35)36-15-6-5-12-28(23,2)37-29/h3-5,7-13,16,18,22-24,32H,6,14-15,17H2,1-2H3/t18-,22+,23-,24?,28+,29+/m1/s1. The molecule has 1 spiro atoms. The first kappa shape index (κ1) is 23.9. The first-order valence-corrected chi connectivity index (χ1v) is 12.8. The Morgan fingerprint density at radius 1 is 1.03 bits per heavy atom. The van der Waals surface area contributed by atoms with E-state index >= 15 is 0 Å². The zero-order valence-electron chi connectivity index (χ0n) is 20.9. The van der Waals surface area contributed by atoms with Gasteiger partial charge in [-0.3, -0.25) is 14.4 Å². The highest BCUT2D eigenvalue weighted by atomic mass is 16.6. The number of benzene rings is 2. The lowest BCUT2D eigenvalue weighted by atomic mass is 9.74. The number of esters is 1. The molecule has 4 aliphatic heterocycles. The van der Waals surface area contributed by atoms with Crippen LogP contribution >= 0.6 is 0 Å². The zero-order chi connectivity index (χ0) is 25.9. The number of anilines is 1. The first-order chi connectivity index (χ1) is 17.8. The van der Waals surface area contributed by atoms with Crippen LogP contribution in [0.15, 0.2) is 66.8 Å². The Bertz CT molecular complexity index is 1350. The minimum atomic E-state index is -1.38. The van der Waals surface area contributed by atoms with Gasteiger partial charge in [-0.1, -0.05) is 54.6 Å². The Morgan fingerprint density at radius 2 is 1.81 bits per heavy atom. The van der Waals surface area contributed by atoms with Gasteiger partial charge in [0.15, 0.2) is 0 Å². The number of carbonyl (C=O) groups is 3. The number of hydrogen-bond donors (Lipinski definition) is 1. The number of nitrogens with zero attached hydrogens (tertiary/aromatic N) is 2. The maximum atomic E-state index is 14.4. The summed E-state index contributed by atoms with van der Waals surface area (Å²) in [6, 6.07) is 12.0. The molecule has 6 rings (SSSR count). The number of carbonyl (C=O) groups excluding carboxylic acids is 3. The van der Waals surface area contributed by atoms with E-state index < -0.39 is 41.1 Å². The summed E-state index contributed by atoms with van der Waals surface area (Å²) in [5, 5.41) is 12.1. The lowest BCUT2D eigenvalue weighted by Gasteiger charge is -2.39. The normalized spacial score (nSPS) is 33.9. The molecule has 2 fully saturated rings. The van der Waals surface area contributed by atoms with Crippen molar-refractivity contribution in [3.8, 4) is 0 Å². The molecule has 1 unspecified atom stereocenters. The molecule has 37 heavy (non-hydrogen) atoms. The molecule has 4 aliphatic rings. The Balaban J connectivity index is 1.50. The molecule has 6 atom stereocenters. The zero-order valence-corrected chi connectivity index (χ0v) is 20.9. The maximum Gasteiger partial charge on any atom is 0.313 e. The van der Waals surface area contributed by atoms with Crippen LogP contribution in [0.1, 0.15) is 20.3 Å². The van der Waals surface area contributed by atoms with Crippen LogP contribution in [0.3, 0.4) is 0 Å². The first-order valence-electron chi connectivity index (χ1n) is 12.8. The number of ether oxygens (including phenoxy) is 2. The Hall–Kier alpha value is -3.49. The van der Waals surface area contributed by atoms with Crippen LogP contribution < -0.4 is 4.90 Å². The molecule has 192 valence electrons. The smallest absolute Gasteiger partial charge is 0.313 e. The summed E-state index contributed by atoms with van der Waals surface area (Å²) in [6.07, 6.45) is 7.91. The number of amides is 2. The summed E-state index contributed by atoms with van der Waals surface area (Å²) in [7, 11) is 0. The van der Waals surface area contributed by atoms with Crippen molar-refractivity contribution < 1.29 is 29.0 Å². The lowest BCUT2D eigenvalue weighted by molar-refractivity contribution is -0.160. The number of aliphatic hydroxyl groups is 1. The summed E-state index contributed by atoms with van der Waals surface area (Å²) in [6.45, 7) is 3.65. The number of likely N-dealkylation sites (tertiary alicyclic amines) is 1. The van der Waals surface area contributed by atoms with Crippen LogP contribution in [-0.4, -0.2) is 70.8 Å². The SMILES string of the molecule is C[C@H](CO)N1C(=O)[C@@H]2[C@@H]3C(=O)OCCC=C[C@]3(C)O[C@@]23C=CCN(c2ccc4ccccc4c2)C(=O)C13. The molecule has 2 saturated heterocycles. The van der Waals surface area contributed by atoms with Crippen LogP contribution in [0.25, 0.3) is 10.8 Å². The molecule has 4 heterocycles. The van der Waals surface area contributed by atoms with Gasteiger partial charge in [-0.15, -0.1) is 0 Å². The molecule has 0 radical (unpaired) electrons. The molecule has 2 aromatic rings. The van der Waals surface area contributed by atoms with Gasteiger partial charge in [0.25, 0.3) is 5.91 Å². The predicted octanol–water partition coefficient (Wildman–Crippen LogP) is 2.60. The van der Waals surface area contributed by atoms with Crippen LogP contribution in [0.5, 0.6) is 0 Å². The van der Waals surface area contributed by atoms with Crippen molar-refractivity contribution in [1.29, 1.82) is 0 Å². The van der Waals surface area contributed by atoms with Gasteiger partial charge >= 0.3 is 5.97 Å². The van der Waals surface area contributed by atoms with Gasteiger partial charge in [0.2, 0.25) is 5.91 Å². The molecule has 0 saturated carbocycles. The minimum Gasteiger partial charge on any atom is -0.465 e. The minimum absolute atomic E-state index is 0.223. The fourth-order valence-electron chi connectivity index (χ4n) is 6.57. The van der Waals surface area contributed by atoms with Gasteiger partial charge in [-0.05, 0) is 43.2 Å². The second-order valence-corrected chi connectivity index (χ2v) is 10.5. The molecule has 8 heteroatoms. The Morgan fingerprint density at radius 3 is 2.59 bits per heavy atom. The molecule has 0 bridgehead atoms. The molecule has 8 nitrogen and oxygen atoms in total. The summed E-state index contributed by atoms with van der Waals surface area (Å²) >= 11 is 0. The largest absolute Gasteiger partial charge is 0.465 e. The van der Waals surface area contributed by atoms with E-state index in [9.17, 15) is 19.5 Å². The van der Waals surface area contributed by atoms with Crippen molar-refractivity contribution in [3.63, 3.8) is 0 Å². The van der Waals surface area contributed by atoms with E-state index in [1.54, 1.807) is 24.8 Å². The van der Waals surface area contributed by atoms with Crippen molar-refractivity contribution in [2.24, 2.45) is 11.8 Å². The van der Waals surface area contributed by atoms with E-state index in [2.05, 4.69) is 0 Å². The van der Waals surface area contributed by atoms with E-state index in [1.165, 1.54) is 4.90 Å². The highest BCUT2D eigenvalue weighted by molar-refractivity contribution is 6.06. The predicted molar refractivity (Wildman–Crippen MR) is 137 cm³/mol. The second-order valence-electron chi connectivity index (χ2n) is 10.5. The van der Waals surface area contributed by atoms with Crippen molar-refractivity contribution in [2.45, 2.75) is 43.6 Å². The molecule has 0 aromatic heterocycles. The summed E-state index contributed by atoms with van der Waals surface area (Å²) in [5.41, 5.74) is -1.80. The number of cyclic esters (lactones) is 1. The van der Waals surface area contributed by atoms with Gasteiger partial charge in [0, 0.05) is 12.2 Å². The summed E-state index contributed by atoms with van der Waals surface area (Å²) in [5.74, 6) is -3.07. The third-order valence-electron chi connectivity index (χ3n) is 8.24. The quantitative estimate of drug-likeness (QED) is 0.512. The van der Waals surface area contributed by atoms with E-state index in [4.69, 9.17) is 9.47 Å². The van der Waals surface area contributed by atoms with Crippen molar-refractivity contribution >= 4 is 34.2 Å². The third kappa shape index (κ3) is 3.39. The highest BCUT2D eigenvalue weighted by Crippen LogP contribution is 2.57. The number of fused-ring (bicyclic) bond motifs is 3. The van der Waals surface area contributed by atoms with Gasteiger partial charge in [0.1, 0.15) is 17.6 Å². The molecule has 1 N–H and O–H groups in total. The van der Waals surface area contributed by atoms with E-state index in [0.717, 1.165) is 10.8 Å². The van der Waals surface area contributed by atoms with Crippen molar-refractivity contribution in [3.05, 3.63) is 66.8 Å². The monoisotopic (exact) mass is 502 g/mol. The molecule has 2 amide bonds. The van der Waals surface area contributed by atoms with Gasteiger partial charge in [-0.25, -0.2) is 0 Å². The van der Waals surface area contributed by atoms with Crippen LogP contribution in [0.4, 0.5) is 5.69 Å². The molecular formula is C29H30N2O6. The van der Waals surface area contributed by atoms with Crippen LogP contribution in [0.2, 0.25) is 0 Å². The summed E-state index contributed by atoms with van der Waals surface area (Å²) in [4.78, 5) is 44.8. The number of aliphatic hydroxyl groups excluding tert-OH is 1. The fourth-order valence-corrected chi connectivity index (χ4v) is 6.57. The van der Waals surface area contributed by atoms with Gasteiger partial charge in [0.05, 0.1) is 30.8 Å². The van der Waals surface area contributed by atoms with Crippen LogP contribution in [-0.2, 0) is 23.9 Å². The molecule has 2 aromatic carbocycles. The lowest BCUT2D eigenvalue weighted by Crippen LogP contribution is -2.58. The average molecular weight is 503 g/mol. The number of rotatable bonds is 3. The van der Waals surface area contributed by atoms with Gasteiger partial charge < -0.3 is 24.4 Å². The number of hydrogen-bond acceptors (Lipinski definition) is 6. The van der Waals surface area contributed by atoms with E-state index in [1.807, 2.05) is 60.7 Å². The maximum absolute atomic E-state index is 14.4. The molecular weight excluding hydrogens is 472 g/mol. The Labute approximate surface area is 215 Å². The molecule has 0 aliphatic carbocycles. The Kier molecular flexibility index (Phi) is 5.51. The highest BCUT2D eigenvalue weighted by Gasteiger charge is 2.75. The average Bonchev–Trinajstić information content (AvgIpc) is 3.22. The fraction of sp³-hybridized carbons (Fsp3) is 0.414. The topological polar surface area (TPSA) is 96.4 Å². The van der Waals surface area contributed by atoms with E-state index in [0.29, 0.717) is 12.1 Å². The third-order valence-corrected chi connectivity index (χ3v) is 8.24. The van der Waals surface area contributed by atoms with Crippen LogP contribution in [0, 0.1) is 11.8 Å². The van der Waals surface area contributed by atoms with E-state index in [-0.39, 0.29) is 31.6 Å². The van der Waals surface area contributed by atoms with Crippen molar-refractivity contribution in [2.75, 3.05) is 24.7 Å². The summed E-state index contributed by atoms with van der Waals surface area (Å²) < 4.78 is 12.2. The van der Waals surface area contributed by atoms with Gasteiger partial charge in [-0.2, -0.15) is 0 Å². The van der Waals surface area contributed by atoms with Crippen molar-refractivity contribution in [1.82, 2.24) is 4.90 Å².